The molecule has 0 unspecified atom stereocenters. The molecule has 0 atom stereocenters. The first-order chi connectivity index (χ1) is 8.94. The summed E-state index contributed by atoms with van der Waals surface area (Å²) in [4.78, 5) is 9.84. The minimum absolute atomic E-state index is 0.167. The Morgan fingerprint density at radius 3 is 2.53 bits per heavy atom. The van der Waals surface area contributed by atoms with Gasteiger partial charge in [-0.1, -0.05) is 6.07 Å². The quantitative estimate of drug-likeness (QED) is 0.482. The van der Waals surface area contributed by atoms with E-state index in [0.717, 1.165) is 4.31 Å². The molecule has 1 saturated heterocycles. The molecular weight excluding hydrogens is 274 g/mol. The Morgan fingerprint density at radius 2 is 1.95 bits per heavy atom. The van der Waals surface area contributed by atoms with Crippen molar-refractivity contribution in [2.45, 2.75) is 4.90 Å². The monoisotopic (exact) mass is 287 g/mol. The van der Waals surface area contributed by atoms with Crippen molar-refractivity contribution in [1.29, 1.82) is 0 Å². The topological polar surface area (TPSA) is 116 Å². The molecule has 2 N–H and O–H groups in total. The normalized spacial score (nSPS) is 17.3. The fraction of sp³-hybridized carbons (Fsp3) is 0.400. The third-order valence-electron chi connectivity index (χ3n) is 2.80. The second-order valence-electron chi connectivity index (χ2n) is 3.97. The van der Waals surface area contributed by atoms with Gasteiger partial charge in [-0.3, -0.25) is 10.1 Å². The van der Waals surface area contributed by atoms with Crippen molar-refractivity contribution in [2.75, 3.05) is 32.0 Å². The summed E-state index contributed by atoms with van der Waals surface area (Å²) in [7, 11) is -3.93. The number of sulfonamides is 1. The second kappa shape index (κ2) is 5.11. The van der Waals surface area contributed by atoms with E-state index < -0.39 is 20.6 Å². The Morgan fingerprint density at radius 1 is 1.32 bits per heavy atom. The molecule has 1 aromatic carbocycles. The molecule has 0 aliphatic carbocycles. The molecule has 9 heteroatoms. The van der Waals surface area contributed by atoms with Crippen molar-refractivity contribution in [3.63, 3.8) is 0 Å². The third kappa shape index (κ3) is 2.53. The summed E-state index contributed by atoms with van der Waals surface area (Å²) in [5.74, 6) is 0. The lowest BCUT2D eigenvalue weighted by molar-refractivity contribution is -0.386. The highest BCUT2D eigenvalue weighted by Crippen LogP contribution is 2.31. The van der Waals surface area contributed by atoms with Crippen molar-refractivity contribution in [2.24, 2.45) is 0 Å². The van der Waals surface area contributed by atoms with E-state index in [1.165, 1.54) is 18.2 Å². The van der Waals surface area contributed by atoms with Crippen LogP contribution in [0, 0.1) is 10.1 Å². The minimum Gasteiger partial charge on any atom is -0.393 e. The number of nitrogens with two attached hydrogens (primary N) is 1. The third-order valence-corrected chi connectivity index (χ3v) is 4.73. The number of nitrogens with zero attached hydrogens (tertiary/aromatic N) is 2. The molecular formula is C10H13N3O5S. The summed E-state index contributed by atoms with van der Waals surface area (Å²) in [5.41, 5.74) is 4.76. The molecule has 0 radical (unpaired) electrons. The summed E-state index contributed by atoms with van der Waals surface area (Å²) in [6.45, 7) is 0.896. The minimum atomic E-state index is -3.93. The lowest BCUT2D eigenvalue weighted by atomic mass is 10.3. The summed E-state index contributed by atoms with van der Waals surface area (Å²) in [6, 6.07) is 3.88. The number of nitrogen functional groups attached to an aromatic ring is 1. The molecule has 1 aliphatic rings. The van der Waals surface area contributed by atoms with Crippen molar-refractivity contribution in [3.05, 3.63) is 28.3 Å². The first kappa shape index (κ1) is 13.7. The van der Waals surface area contributed by atoms with Crippen LogP contribution in [0.4, 0.5) is 11.4 Å². The predicted molar refractivity (Wildman–Crippen MR) is 67.1 cm³/mol. The van der Waals surface area contributed by atoms with Gasteiger partial charge in [0.25, 0.3) is 0 Å². The molecule has 1 aliphatic heterocycles. The molecule has 19 heavy (non-hydrogen) atoms. The lowest BCUT2D eigenvalue weighted by Gasteiger charge is -2.25. The highest BCUT2D eigenvalue weighted by atomic mass is 32.2. The number of benzene rings is 1. The van der Waals surface area contributed by atoms with E-state index in [-0.39, 0.29) is 36.9 Å². The summed E-state index contributed by atoms with van der Waals surface area (Å²) >= 11 is 0. The van der Waals surface area contributed by atoms with Gasteiger partial charge in [0.1, 0.15) is 5.69 Å². The number of para-hydroxylation sites is 1. The maximum absolute atomic E-state index is 12.4. The van der Waals surface area contributed by atoms with Crippen LogP contribution in [-0.2, 0) is 14.8 Å². The molecule has 104 valence electrons. The first-order valence-electron chi connectivity index (χ1n) is 5.55. The van der Waals surface area contributed by atoms with Crippen LogP contribution < -0.4 is 5.73 Å². The highest BCUT2D eigenvalue weighted by Gasteiger charge is 2.33. The van der Waals surface area contributed by atoms with Crippen molar-refractivity contribution in [1.82, 2.24) is 4.31 Å². The van der Waals surface area contributed by atoms with E-state index in [4.69, 9.17) is 10.5 Å². The zero-order valence-electron chi connectivity index (χ0n) is 9.98. The molecule has 8 nitrogen and oxygen atoms in total. The van der Waals surface area contributed by atoms with Crippen LogP contribution in [0.2, 0.25) is 0 Å². The number of ether oxygens (including phenoxy) is 1. The first-order valence-corrected chi connectivity index (χ1v) is 6.99. The van der Waals surface area contributed by atoms with Crippen LogP contribution in [0.1, 0.15) is 0 Å². The molecule has 0 bridgehead atoms. The summed E-state index contributed by atoms with van der Waals surface area (Å²) in [5, 5.41) is 11.0. The van der Waals surface area contributed by atoms with Crippen LogP contribution in [0.3, 0.4) is 0 Å². The standard InChI is InChI=1S/C10H13N3O5S/c11-8-2-1-3-9(10(8)13(14)15)19(16,17)12-4-6-18-7-5-12/h1-3H,4-7,11H2. The van der Waals surface area contributed by atoms with Crippen LogP contribution >= 0.6 is 0 Å². The average Bonchev–Trinajstić information content (AvgIpc) is 2.39. The van der Waals surface area contributed by atoms with Crippen molar-refractivity contribution >= 4 is 21.4 Å². The summed E-state index contributed by atoms with van der Waals surface area (Å²) < 4.78 is 31.0. The number of morpholine rings is 1. The van der Waals surface area contributed by atoms with Crippen molar-refractivity contribution in [3.8, 4) is 0 Å². The van der Waals surface area contributed by atoms with Gasteiger partial charge in [-0.25, -0.2) is 8.42 Å². The average molecular weight is 287 g/mol. The predicted octanol–water partition coefficient (Wildman–Crippen LogP) is 0.198. The number of nitro benzene ring substituents is 1. The van der Waals surface area contributed by atoms with Crippen LogP contribution in [0.15, 0.2) is 23.1 Å². The lowest BCUT2D eigenvalue weighted by Crippen LogP contribution is -2.40. The van der Waals surface area contributed by atoms with Crippen LogP contribution in [0.5, 0.6) is 0 Å². The molecule has 2 rings (SSSR count). The van der Waals surface area contributed by atoms with E-state index >= 15 is 0 Å². The van der Waals surface area contributed by atoms with E-state index in [2.05, 4.69) is 0 Å². The van der Waals surface area contributed by atoms with Gasteiger partial charge in [0.05, 0.1) is 18.1 Å². The maximum Gasteiger partial charge on any atom is 0.312 e. The van der Waals surface area contributed by atoms with Gasteiger partial charge < -0.3 is 10.5 Å². The molecule has 0 saturated carbocycles. The largest absolute Gasteiger partial charge is 0.393 e. The fourth-order valence-corrected chi connectivity index (χ4v) is 3.46. The molecule has 1 fully saturated rings. The van der Waals surface area contributed by atoms with Crippen LogP contribution in [0.25, 0.3) is 0 Å². The Balaban J connectivity index is 2.51. The van der Waals surface area contributed by atoms with Crippen LogP contribution in [-0.4, -0.2) is 43.9 Å². The van der Waals surface area contributed by atoms with Gasteiger partial charge in [0.2, 0.25) is 10.0 Å². The Kier molecular flexibility index (Phi) is 3.69. The molecule has 1 aromatic rings. The highest BCUT2D eigenvalue weighted by molar-refractivity contribution is 7.89. The molecule has 1 heterocycles. The number of hydrogen-bond donors (Lipinski definition) is 1. The van der Waals surface area contributed by atoms with E-state index in [0.29, 0.717) is 0 Å². The van der Waals surface area contributed by atoms with E-state index in [1.807, 2.05) is 0 Å². The van der Waals surface area contributed by atoms with E-state index in [9.17, 15) is 18.5 Å². The number of nitro groups is 1. The van der Waals surface area contributed by atoms with Gasteiger partial charge in [0, 0.05) is 13.1 Å². The SMILES string of the molecule is Nc1cccc(S(=O)(=O)N2CCOCC2)c1[N+](=O)[O-]. The van der Waals surface area contributed by atoms with Gasteiger partial charge in [-0.2, -0.15) is 4.31 Å². The Labute approximate surface area is 110 Å². The second-order valence-corrected chi connectivity index (χ2v) is 5.87. The smallest absolute Gasteiger partial charge is 0.312 e. The Bertz CT molecular complexity index is 595. The van der Waals surface area contributed by atoms with Crippen molar-refractivity contribution < 1.29 is 18.1 Å². The number of rotatable bonds is 3. The zero-order valence-corrected chi connectivity index (χ0v) is 10.8. The fourth-order valence-electron chi connectivity index (χ4n) is 1.87. The zero-order chi connectivity index (χ0) is 14.0. The van der Waals surface area contributed by atoms with Gasteiger partial charge in [0.15, 0.2) is 4.90 Å². The molecule has 0 amide bonds. The molecule has 0 aromatic heterocycles. The number of hydrogen-bond acceptors (Lipinski definition) is 6. The Hall–Kier alpha value is -1.71. The maximum atomic E-state index is 12.4. The number of anilines is 1. The van der Waals surface area contributed by atoms with Gasteiger partial charge in [-0.15, -0.1) is 0 Å². The van der Waals surface area contributed by atoms with E-state index in [1.54, 1.807) is 0 Å². The van der Waals surface area contributed by atoms with Gasteiger partial charge in [-0.05, 0) is 12.1 Å². The summed E-state index contributed by atoms with van der Waals surface area (Å²) in [6.07, 6.45) is 0. The van der Waals surface area contributed by atoms with Gasteiger partial charge >= 0.3 is 5.69 Å². The molecule has 0 spiro atoms.